The van der Waals surface area contributed by atoms with Gasteiger partial charge in [0.1, 0.15) is 17.4 Å². The zero-order valence-electron chi connectivity index (χ0n) is 22.1. The number of H-pyrrole nitrogens is 1. The van der Waals surface area contributed by atoms with Crippen LogP contribution < -0.4 is 10.1 Å². The van der Waals surface area contributed by atoms with Crippen molar-refractivity contribution in [3.8, 4) is 28.3 Å². The molecule has 0 aliphatic heterocycles. The van der Waals surface area contributed by atoms with Crippen molar-refractivity contribution < 1.29 is 23.8 Å². The Balaban J connectivity index is 1.55. The van der Waals surface area contributed by atoms with Crippen molar-refractivity contribution in [1.82, 2.24) is 15.3 Å². The second kappa shape index (κ2) is 11.4. The molecule has 40 heavy (non-hydrogen) atoms. The summed E-state index contributed by atoms with van der Waals surface area (Å²) in [4.78, 5) is 33.4. The minimum atomic E-state index is -1.28. The van der Waals surface area contributed by atoms with Crippen molar-refractivity contribution in [2.45, 2.75) is 25.8 Å². The lowest BCUT2D eigenvalue weighted by molar-refractivity contribution is 0.0697. The molecule has 0 spiro atoms. The summed E-state index contributed by atoms with van der Waals surface area (Å²) in [6, 6.07) is 23.5. The molecule has 1 amide bonds. The van der Waals surface area contributed by atoms with Crippen molar-refractivity contribution in [3.05, 3.63) is 107 Å². The molecular formula is C32H28FN3O4. The molecule has 0 saturated heterocycles. The fourth-order valence-corrected chi connectivity index (χ4v) is 4.86. The third-order valence-electron chi connectivity index (χ3n) is 6.82. The van der Waals surface area contributed by atoms with E-state index in [1.165, 1.54) is 24.3 Å². The number of amides is 1. The van der Waals surface area contributed by atoms with Crippen LogP contribution in [-0.2, 0) is 0 Å². The average Bonchev–Trinajstić information content (AvgIpc) is 3.40. The van der Waals surface area contributed by atoms with Crippen molar-refractivity contribution in [2.24, 2.45) is 0 Å². The third-order valence-corrected chi connectivity index (χ3v) is 6.82. The number of ether oxygens (including phenoxy) is 1. The van der Waals surface area contributed by atoms with Gasteiger partial charge in [-0.1, -0.05) is 61.9 Å². The first-order valence-electron chi connectivity index (χ1n) is 13.0. The van der Waals surface area contributed by atoms with Gasteiger partial charge in [0.05, 0.1) is 29.7 Å². The number of nitrogens with one attached hydrogen (secondary N) is 2. The van der Waals surface area contributed by atoms with E-state index in [2.05, 4.69) is 15.3 Å². The molecule has 3 N–H and O–H groups in total. The Morgan fingerprint density at radius 3 is 2.52 bits per heavy atom. The van der Waals surface area contributed by atoms with E-state index in [1.807, 2.05) is 37.3 Å². The summed E-state index contributed by atoms with van der Waals surface area (Å²) in [5, 5.41) is 13.1. The third kappa shape index (κ3) is 5.29. The Kier molecular flexibility index (Phi) is 7.59. The van der Waals surface area contributed by atoms with Gasteiger partial charge < -0.3 is 20.1 Å². The van der Waals surface area contributed by atoms with Crippen LogP contribution in [0.3, 0.4) is 0 Å². The number of aromatic nitrogens is 2. The van der Waals surface area contributed by atoms with Gasteiger partial charge in [0.15, 0.2) is 0 Å². The summed E-state index contributed by atoms with van der Waals surface area (Å²) in [5.41, 5.74) is 2.89. The molecule has 5 rings (SSSR count). The number of hydrogen-bond acceptors (Lipinski definition) is 4. The standard InChI is InChI=1S/C32H28FN3O4/c1-3-8-26(19-9-5-4-6-10-19)36-31(37)20-13-15-22(24(17-20)32(38)39)29-23(11-7-12-25(29)33)30-34-27-16-14-21(40-2)18-28(27)35-30/h4-7,9-18,26H,3,8H2,1-2H3,(H,34,35)(H,36,37)(H,38,39). The summed E-state index contributed by atoms with van der Waals surface area (Å²) in [6.07, 6.45) is 1.57. The fourth-order valence-electron chi connectivity index (χ4n) is 4.86. The number of methoxy groups -OCH3 is 1. The zero-order chi connectivity index (χ0) is 28.2. The van der Waals surface area contributed by atoms with E-state index >= 15 is 4.39 Å². The van der Waals surface area contributed by atoms with Crippen LogP contribution in [0, 0.1) is 5.82 Å². The highest BCUT2D eigenvalue weighted by molar-refractivity contribution is 6.03. The molecule has 0 fully saturated rings. The smallest absolute Gasteiger partial charge is 0.336 e. The van der Waals surface area contributed by atoms with Gasteiger partial charge in [-0.2, -0.15) is 0 Å². The monoisotopic (exact) mass is 537 g/mol. The number of carboxylic acids is 1. The maximum Gasteiger partial charge on any atom is 0.336 e. The first-order chi connectivity index (χ1) is 19.4. The lowest BCUT2D eigenvalue weighted by Gasteiger charge is -2.19. The second-order valence-electron chi connectivity index (χ2n) is 9.42. The van der Waals surface area contributed by atoms with E-state index in [0.717, 1.165) is 18.4 Å². The van der Waals surface area contributed by atoms with Gasteiger partial charge >= 0.3 is 5.97 Å². The highest BCUT2D eigenvalue weighted by atomic mass is 19.1. The predicted octanol–water partition coefficient (Wildman–Crippen LogP) is 7.01. The second-order valence-corrected chi connectivity index (χ2v) is 9.42. The number of carbonyl (C=O) groups excluding carboxylic acids is 1. The number of nitrogens with zero attached hydrogens (tertiary/aromatic N) is 1. The summed E-state index contributed by atoms with van der Waals surface area (Å²) in [7, 11) is 1.56. The predicted molar refractivity (Wildman–Crippen MR) is 152 cm³/mol. The molecule has 1 atom stereocenters. The lowest BCUT2D eigenvalue weighted by atomic mass is 9.92. The molecule has 0 saturated carbocycles. The number of rotatable bonds is 9. The Hall–Kier alpha value is -4.98. The van der Waals surface area contributed by atoms with E-state index in [1.54, 1.807) is 37.4 Å². The minimum absolute atomic E-state index is 0.0750. The maximum atomic E-state index is 15.4. The number of carboxylic acid groups (broad SMARTS) is 1. The van der Waals surface area contributed by atoms with Crippen molar-refractivity contribution in [2.75, 3.05) is 7.11 Å². The molecule has 202 valence electrons. The largest absolute Gasteiger partial charge is 0.497 e. The molecule has 7 nitrogen and oxygen atoms in total. The molecule has 1 aromatic heterocycles. The minimum Gasteiger partial charge on any atom is -0.497 e. The van der Waals surface area contributed by atoms with Crippen molar-refractivity contribution >= 4 is 22.9 Å². The van der Waals surface area contributed by atoms with E-state index < -0.39 is 17.7 Å². The SMILES string of the molecule is CCCC(NC(=O)c1ccc(-c2c(F)cccc2-c2nc3ccc(OC)cc3[nH]2)c(C(=O)O)c1)c1ccccc1. The summed E-state index contributed by atoms with van der Waals surface area (Å²) >= 11 is 0. The first-order valence-corrected chi connectivity index (χ1v) is 13.0. The Labute approximate surface area is 230 Å². The van der Waals surface area contributed by atoms with Crippen LogP contribution in [0.1, 0.15) is 52.1 Å². The maximum absolute atomic E-state index is 15.4. The highest BCUT2D eigenvalue weighted by Crippen LogP contribution is 2.36. The molecule has 0 aliphatic carbocycles. The number of halogens is 1. The molecular weight excluding hydrogens is 509 g/mol. The number of benzene rings is 4. The Morgan fingerprint density at radius 2 is 1.80 bits per heavy atom. The van der Waals surface area contributed by atoms with Crippen LogP contribution in [0.15, 0.2) is 84.9 Å². The van der Waals surface area contributed by atoms with E-state index in [0.29, 0.717) is 28.2 Å². The topological polar surface area (TPSA) is 104 Å². The summed E-state index contributed by atoms with van der Waals surface area (Å²) in [6.45, 7) is 2.03. The van der Waals surface area contributed by atoms with Gasteiger partial charge in [0.2, 0.25) is 0 Å². The Bertz CT molecular complexity index is 1700. The fraction of sp³-hybridized carbons (Fsp3) is 0.156. The van der Waals surface area contributed by atoms with Gasteiger partial charge in [-0.25, -0.2) is 14.2 Å². The summed E-state index contributed by atoms with van der Waals surface area (Å²) < 4.78 is 20.7. The van der Waals surface area contributed by atoms with Crippen LogP contribution in [-0.4, -0.2) is 34.1 Å². The molecule has 0 radical (unpaired) electrons. The van der Waals surface area contributed by atoms with Crippen LogP contribution in [0.25, 0.3) is 33.5 Å². The first kappa shape index (κ1) is 26.6. The number of fused-ring (bicyclic) bond motifs is 1. The molecule has 0 aliphatic rings. The molecule has 5 aromatic rings. The highest BCUT2D eigenvalue weighted by Gasteiger charge is 2.23. The van der Waals surface area contributed by atoms with E-state index in [4.69, 9.17) is 4.74 Å². The number of carbonyl (C=O) groups is 2. The number of hydrogen-bond donors (Lipinski definition) is 3. The average molecular weight is 538 g/mol. The van der Waals surface area contributed by atoms with Crippen LogP contribution in [0.4, 0.5) is 4.39 Å². The quantitative estimate of drug-likeness (QED) is 0.188. The van der Waals surface area contributed by atoms with E-state index in [-0.39, 0.29) is 28.3 Å². The number of aromatic carboxylic acids is 1. The van der Waals surface area contributed by atoms with Gasteiger partial charge in [0.25, 0.3) is 5.91 Å². The van der Waals surface area contributed by atoms with Crippen LogP contribution in [0.2, 0.25) is 0 Å². The van der Waals surface area contributed by atoms with E-state index in [9.17, 15) is 14.7 Å². The number of imidazole rings is 1. The molecule has 8 heteroatoms. The molecule has 1 unspecified atom stereocenters. The zero-order valence-corrected chi connectivity index (χ0v) is 22.1. The number of aromatic amines is 1. The van der Waals surface area contributed by atoms with Crippen molar-refractivity contribution in [1.29, 1.82) is 0 Å². The molecule has 0 bridgehead atoms. The van der Waals surface area contributed by atoms with Gasteiger partial charge in [-0.3, -0.25) is 4.79 Å². The van der Waals surface area contributed by atoms with Crippen LogP contribution in [0.5, 0.6) is 5.75 Å². The van der Waals surface area contributed by atoms with Crippen molar-refractivity contribution in [3.63, 3.8) is 0 Å². The van der Waals surface area contributed by atoms with Crippen LogP contribution >= 0.6 is 0 Å². The molecule has 4 aromatic carbocycles. The van der Waals surface area contributed by atoms with Gasteiger partial charge in [0, 0.05) is 22.8 Å². The lowest BCUT2D eigenvalue weighted by Crippen LogP contribution is -2.28. The van der Waals surface area contributed by atoms with Gasteiger partial charge in [-0.05, 0) is 47.9 Å². The Morgan fingerprint density at radius 1 is 1.00 bits per heavy atom. The normalized spacial score (nSPS) is 11.8. The van der Waals surface area contributed by atoms with Gasteiger partial charge in [-0.15, -0.1) is 0 Å². The molecule has 1 heterocycles. The summed E-state index contributed by atoms with van der Waals surface area (Å²) in [5.74, 6) is -1.28.